The molecule has 12 heteroatoms. The maximum atomic E-state index is 6.25. The normalized spacial score (nSPS) is 22.6. The standard InChI is InChI=1S/C28H34N10O2/c1-39-23-13-20-21(14-24(23)40-2)31-16-32-26(20)38-27(29)34-28(35-38)33-19-5-6-25(30-15-19)37-9-7-36(8-10-37)22-12-17-3-4-18(22)11-17/h5-6,13-18,22H,3-4,7-12H2,1-2H3,(H3,29,33,34,35). The van der Waals surface area contributed by atoms with Crippen LogP contribution in [0.5, 0.6) is 11.5 Å². The molecule has 3 N–H and O–H groups in total. The van der Waals surface area contributed by atoms with E-state index in [9.17, 15) is 0 Å². The number of hydrogen-bond donors (Lipinski definition) is 2. The van der Waals surface area contributed by atoms with Gasteiger partial charge in [-0.05, 0) is 49.3 Å². The number of nitrogens with two attached hydrogens (primary N) is 1. The van der Waals surface area contributed by atoms with Crippen molar-refractivity contribution in [3.8, 4) is 17.3 Å². The van der Waals surface area contributed by atoms with Crippen LogP contribution in [0.4, 0.5) is 23.4 Å². The molecule has 1 saturated heterocycles. The van der Waals surface area contributed by atoms with E-state index < -0.39 is 0 Å². The van der Waals surface area contributed by atoms with E-state index >= 15 is 0 Å². The number of benzene rings is 1. The molecule has 4 aromatic rings. The van der Waals surface area contributed by atoms with Crippen LogP contribution in [0.15, 0.2) is 36.8 Å². The minimum absolute atomic E-state index is 0.190. The lowest BCUT2D eigenvalue weighted by Crippen LogP contribution is -2.52. The predicted octanol–water partition coefficient (Wildman–Crippen LogP) is 3.26. The van der Waals surface area contributed by atoms with Gasteiger partial charge in [-0.15, -0.1) is 5.10 Å². The number of fused-ring (bicyclic) bond motifs is 3. The molecule has 3 aliphatic rings. The fourth-order valence-electron chi connectivity index (χ4n) is 6.79. The molecule has 7 rings (SSSR count). The molecule has 0 amide bonds. The van der Waals surface area contributed by atoms with Gasteiger partial charge in [0, 0.05) is 43.7 Å². The summed E-state index contributed by atoms with van der Waals surface area (Å²) in [4.78, 5) is 23.0. The van der Waals surface area contributed by atoms with Crippen LogP contribution >= 0.6 is 0 Å². The summed E-state index contributed by atoms with van der Waals surface area (Å²) in [6.07, 6.45) is 9.03. The van der Waals surface area contributed by atoms with E-state index in [2.05, 4.69) is 35.2 Å². The van der Waals surface area contributed by atoms with Crippen LogP contribution in [0.3, 0.4) is 0 Å². The molecule has 3 fully saturated rings. The largest absolute Gasteiger partial charge is 0.493 e. The first-order valence-corrected chi connectivity index (χ1v) is 13.9. The zero-order valence-electron chi connectivity index (χ0n) is 22.8. The van der Waals surface area contributed by atoms with Crippen LogP contribution in [0.1, 0.15) is 25.7 Å². The minimum atomic E-state index is 0.190. The van der Waals surface area contributed by atoms with Crippen molar-refractivity contribution in [1.82, 2.24) is 34.6 Å². The molecule has 40 heavy (non-hydrogen) atoms. The van der Waals surface area contributed by atoms with Gasteiger partial charge in [-0.25, -0.2) is 15.0 Å². The molecule has 0 radical (unpaired) electrons. The summed E-state index contributed by atoms with van der Waals surface area (Å²) < 4.78 is 12.3. The fraction of sp³-hybridized carbons (Fsp3) is 0.464. The molecule has 2 bridgehead atoms. The Balaban J connectivity index is 1.04. The van der Waals surface area contributed by atoms with Gasteiger partial charge in [-0.3, -0.25) is 4.90 Å². The van der Waals surface area contributed by atoms with Gasteiger partial charge >= 0.3 is 0 Å². The van der Waals surface area contributed by atoms with Crippen molar-refractivity contribution in [1.29, 1.82) is 0 Å². The van der Waals surface area contributed by atoms with E-state index in [1.165, 1.54) is 36.7 Å². The molecule has 2 saturated carbocycles. The molecule has 1 aliphatic heterocycles. The Bertz CT molecular complexity index is 1520. The Morgan fingerprint density at radius 1 is 0.950 bits per heavy atom. The van der Waals surface area contributed by atoms with Crippen molar-refractivity contribution < 1.29 is 9.47 Å². The van der Waals surface area contributed by atoms with Crippen molar-refractivity contribution in [2.24, 2.45) is 11.8 Å². The maximum Gasteiger partial charge on any atom is 0.248 e. The molecule has 4 heterocycles. The van der Waals surface area contributed by atoms with Crippen LogP contribution in [0.2, 0.25) is 0 Å². The van der Waals surface area contributed by atoms with E-state index in [0.29, 0.717) is 34.2 Å². The summed E-state index contributed by atoms with van der Waals surface area (Å²) in [5.41, 5.74) is 7.70. The number of aromatic nitrogens is 6. The second kappa shape index (κ2) is 10.1. The highest BCUT2D eigenvalue weighted by Gasteiger charge is 2.42. The zero-order chi connectivity index (χ0) is 27.2. The number of pyridine rings is 1. The fourth-order valence-corrected chi connectivity index (χ4v) is 6.79. The van der Waals surface area contributed by atoms with Crippen LogP contribution in [-0.2, 0) is 0 Å². The number of piperazine rings is 1. The van der Waals surface area contributed by atoms with E-state index in [-0.39, 0.29) is 5.95 Å². The van der Waals surface area contributed by atoms with Crippen molar-refractivity contribution in [2.75, 3.05) is 56.3 Å². The van der Waals surface area contributed by atoms with Gasteiger partial charge in [0.15, 0.2) is 17.3 Å². The van der Waals surface area contributed by atoms with E-state index in [1.54, 1.807) is 26.4 Å². The van der Waals surface area contributed by atoms with Gasteiger partial charge in [0.05, 0.1) is 31.6 Å². The number of rotatable bonds is 7. The van der Waals surface area contributed by atoms with E-state index in [4.69, 9.17) is 20.2 Å². The Morgan fingerprint density at radius 3 is 2.48 bits per heavy atom. The first-order chi connectivity index (χ1) is 19.6. The van der Waals surface area contributed by atoms with Gasteiger partial charge in [0.25, 0.3) is 0 Å². The monoisotopic (exact) mass is 542 g/mol. The van der Waals surface area contributed by atoms with Crippen molar-refractivity contribution in [3.63, 3.8) is 0 Å². The predicted molar refractivity (Wildman–Crippen MR) is 153 cm³/mol. The van der Waals surface area contributed by atoms with Crippen molar-refractivity contribution in [2.45, 2.75) is 31.7 Å². The average molecular weight is 543 g/mol. The van der Waals surface area contributed by atoms with E-state index in [1.807, 2.05) is 18.3 Å². The molecule has 2 aliphatic carbocycles. The molecule has 0 spiro atoms. The number of methoxy groups -OCH3 is 2. The number of ether oxygens (including phenoxy) is 2. The summed E-state index contributed by atoms with van der Waals surface area (Å²) in [7, 11) is 3.16. The zero-order valence-corrected chi connectivity index (χ0v) is 22.8. The van der Waals surface area contributed by atoms with Crippen LogP contribution in [0.25, 0.3) is 16.7 Å². The Hall–Kier alpha value is -4.19. The minimum Gasteiger partial charge on any atom is -0.493 e. The molecule has 3 aromatic heterocycles. The smallest absolute Gasteiger partial charge is 0.248 e. The van der Waals surface area contributed by atoms with Gasteiger partial charge in [-0.1, -0.05) is 6.42 Å². The highest BCUT2D eigenvalue weighted by Crippen LogP contribution is 2.46. The molecule has 1 aromatic carbocycles. The first-order valence-electron chi connectivity index (χ1n) is 13.9. The molecule has 3 atom stereocenters. The number of nitrogen functional groups attached to an aromatic ring is 1. The van der Waals surface area contributed by atoms with Crippen molar-refractivity contribution in [3.05, 3.63) is 36.8 Å². The number of nitrogens with one attached hydrogen (secondary N) is 1. The van der Waals surface area contributed by atoms with E-state index in [0.717, 1.165) is 55.6 Å². The lowest BCUT2D eigenvalue weighted by atomic mass is 9.93. The van der Waals surface area contributed by atoms with Crippen LogP contribution in [0, 0.1) is 11.8 Å². The summed E-state index contributed by atoms with van der Waals surface area (Å²) in [5, 5.41) is 8.48. The summed E-state index contributed by atoms with van der Waals surface area (Å²) in [6, 6.07) is 8.45. The highest BCUT2D eigenvalue weighted by atomic mass is 16.5. The Morgan fingerprint density at radius 2 is 1.77 bits per heavy atom. The van der Waals surface area contributed by atoms with Gasteiger partial charge in [-0.2, -0.15) is 9.67 Å². The third-order valence-corrected chi connectivity index (χ3v) is 8.76. The molecular formula is C28H34N10O2. The molecule has 12 nitrogen and oxygen atoms in total. The lowest BCUT2D eigenvalue weighted by Gasteiger charge is -2.41. The molecule has 208 valence electrons. The number of nitrogens with zero attached hydrogens (tertiary/aromatic N) is 8. The van der Waals surface area contributed by atoms with Gasteiger partial charge < -0.3 is 25.4 Å². The third kappa shape index (κ3) is 4.41. The Labute approximate surface area is 232 Å². The third-order valence-electron chi connectivity index (χ3n) is 8.76. The first kappa shape index (κ1) is 24.8. The molecule has 3 unspecified atom stereocenters. The quantitative estimate of drug-likeness (QED) is 0.357. The highest BCUT2D eigenvalue weighted by molar-refractivity contribution is 5.88. The lowest BCUT2D eigenvalue weighted by molar-refractivity contribution is 0.134. The SMILES string of the molecule is COc1cc2ncnc(-n3nc(Nc4ccc(N5CCN(C6CC7CCC6C7)CC5)nc4)nc3N)c2cc1OC. The number of hydrogen-bond acceptors (Lipinski definition) is 11. The maximum absolute atomic E-state index is 6.25. The van der Waals surface area contributed by atoms with Crippen LogP contribution in [-0.4, -0.2) is 81.1 Å². The van der Waals surface area contributed by atoms with Gasteiger partial charge in [0.1, 0.15) is 12.1 Å². The number of anilines is 4. The summed E-state index contributed by atoms with van der Waals surface area (Å²) >= 11 is 0. The second-order valence-electron chi connectivity index (χ2n) is 10.9. The second-order valence-corrected chi connectivity index (χ2v) is 10.9. The van der Waals surface area contributed by atoms with Crippen molar-refractivity contribution >= 4 is 34.3 Å². The van der Waals surface area contributed by atoms with Gasteiger partial charge in [0.2, 0.25) is 11.9 Å². The van der Waals surface area contributed by atoms with Crippen LogP contribution < -0.4 is 25.4 Å². The summed E-state index contributed by atoms with van der Waals surface area (Å²) in [6.45, 7) is 4.26. The summed E-state index contributed by atoms with van der Waals surface area (Å²) in [5.74, 6) is 5.07. The Kier molecular flexibility index (Phi) is 6.26. The molecular weight excluding hydrogens is 508 g/mol. The average Bonchev–Trinajstić information content (AvgIpc) is 3.73. The topological polar surface area (TPSA) is 132 Å².